The lowest BCUT2D eigenvalue weighted by Gasteiger charge is -2.33. The van der Waals surface area contributed by atoms with Gasteiger partial charge in [-0.25, -0.2) is 0 Å². The Balaban J connectivity index is 1.39. The minimum absolute atomic E-state index is 0.0650. The summed E-state index contributed by atoms with van der Waals surface area (Å²) in [6.45, 7) is 8.67. The second-order valence-electron chi connectivity index (χ2n) is 8.97. The highest BCUT2D eigenvalue weighted by atomic mass is 16.6. The lowest BCUT2D eigenvalue weighted by atomic mass is 9.79. The summed E-state index contributed by atoms with van der Waals surface area (Å²) in [6, 6.07) is 0. The maximum Gasteiger partial charge on any atom is 0.309 e. The van der Waals surface area contributed by atoms with Crippen molar-refractivity contribution in [2.75, 3.05) is 0 Å². The number of epoxide rings is 1. The van der Waals surface area contributed by atoms with E-state index in [0.29, 0.717) is 30.0 Å². The standard InChI is InChI=1S/C19H30O3/c1-9(2)5-12(10(3)4)19(20)22-15-7-11-6-13(15)14-8-16-18(21-16)17(11)14/h9-18H,5-8H2,1-4H3. The van der Waals surface area contributed by atoms with Gasteiger partial charge in [0.25, 0.3) is 0 Å². The molecule has 1 aliphatic heterocycles. The van der Waals surface area contributed by atoms with Crippen LogP contribution in [-0.4, -0.2) is 24.3 Å². The predicted octanol–water partition coefficient (Wildman–Crippen LogP) is 3.66. The lowest BCUT2D eigenvalue weighted by Crippen LogP contribution is -2.36. The number of esters is 1. The fraction of sp³-hybridized carbons (Fsp3) is 0.947. The van der Waals surface area contributed by atoms with E-state index in [1.807, 2.05) is 0 Å². The molecule has 8 atom stereocenters. The van der Waals surface area contributed by atoms with Crippen LogP contribution < -0.4 is 0 Å². The van der Waals surface area contributed by atoms with E-state index >= 15 is 0 Å². The van der Waals surface area contributed by atoms with Gasteiger partial charge in [0.2, 0.25) is 0 Å². The SMILES string of the molecule is CC(C)CC(C(=O)OC1CC2CC1C1CC3OC3C21)C(C)C. The van der Waals surface area contributed by atoms with Crippen LogP contribution in [0.15, 0.2) is 0 Å². The predicted molar refractivity (Wildman–Crippen MR) is 84.1 cm³/mol. The molecule has 8 unspecified atom stereocenters. The zero-order valence-corrected chi connectivity index (χ0v) is 14.3. The van der Waals surface area contributed by atoms with Gasteiger partial charge in [-0.1, -0.05) is 27.7 Å². The van der Waals surface area contributed by atoms with Crippen LogP contribution in [-0.2, 0) is 14.3 Å². The molecule has 3 saturated carbocycles. The van der Waals surface area contributed by atoms with Crippen LogP contribution in [0.5, 0.6) is 0 Å². The smallest absolute Gasteiger partial charge is 0.309 e. The average Bonchev–Trinajstić information content (AvgIpc) is 2.82. The quantitative estimate of drug-likeness (QED) is 0.575. The fourth-order valence-electron chi connectivity index (χ4n) is 5.79. The molecule has 4 rings (SSSR count). The number of rotatable bonds is 5. The van der Waals surface area contributed by atoms with Crippen molar-refractivity contribution in [2.45, 2.75) is 71.7 Å². The molecule has 4 fully saturated rings. The van der Waals surface area contributed by atoms with Gasteiger partial charge >= 0.3 is 5.97 Å². The molecule has 4 aliphatic rings. The summed E-state index contributed by atoms with van der Waals surface area (Å²) in [7, 11) is 0. The van der Waals surface area contributed by atoms with Crippen LogP contribution in [0.3, 0.4) is 0 Å². The van der Waals surface area contributed by atoms with Crippen molar-refractivity contribution in [2.24, 2.45) is 41.4 Å². The van der Waals surface area contributed by atoms with Gasteiger partial charge in [0.1, 0.15) is 6.10 Å². The third-order valence-corrected chi connectivity index (χ3v) is 6.78. The molecule has 3 aliphatic carbocycles. The topological polar surface area (TPSA) is 38.8 Å². The molecule has 1 saturated heterocycles. The van der Waals surface area contributed by atoms with E-state index in [4.69, 9.17) is 9.47 Å². The van der Waals surface area contributed by atoms with Gasteiger partial charge in [0.05, 0.1) is 18.1 Å². The summed E-state index contributed by atoms with van der Waals surface area (Å²) in [6.07, 6.45) is 5.86. The second-order valence-corrected chi connectivity index (χ2v) is 8.97. The van der Waals surface area contributed by atoms with Crippen molar-refractivity contribution in [3.8, 4) is 0 Å². The average molecular weight is 306 g/mol. The van der Waals surface area contributed by atoms with Crippen LogP contribution in [0, 0.1) is 41.4 Å². The molecule has 0 N–H and O–H groups in total. The maximum atomic E-state index is 12.7. The molecule has 0 aromatic heterocycles. The highest BCUT2D eigenvalue weighted by Gasteiger charge is 2.67. The molecular formula is C19H30O3. The number of carbonyl (C=O) groups is 1. The number of hydrogen-bond acceptors (Lipinski definition) is 3. The third-order valence-electron chi connectivity index (χ3n) is 6.78. The Hall–Kier alpha value is -0.570. The van der Waals surface area contributed by atoms with E-state index in [1.165, 1.54) is 12.8 Å². The van der Waals surface area contributed by atoms with Crippen LogP contribution in [0.2, 0.25) is 0 Å². The first-order valence-electron chi connectivity index (χ1n) is 9.31. The Morgan fingerprint density at radius 1 is 1.14 bits per heavy atom. The summed E-state index contributed by atoms with van der Waals surface area (Å²) in [5.74, 6) is 4.00. The summed E-state index contributed by atoms with van der Waals surface area (Å²) >= 11 is 0. The zero-order chi connectivity index (χ0) is 15.6. The van der Waals surface area contributed by atoms with E-state index in [9.17, 15) is 4.79 Å². The van der Waals surface area contributed by atoms with Crippen molar-refractivity contribution < 1.29 is 14.3 Å². The van der Waals surface area contributed by atoms with Gasteiger partial charge in [-0.2, -0.15) is 0 Å². The summed E-state index contributed by atoms with van der Waals surface area (Å²) in [5, 5.41) is 0. The van der Waals surface area contributed by atoms with Crippen LogP contribution in [0.1, 0.15) is 53.4 Å². The Morgan fingerprint density at radius 3 is 2.59 bits per heavy atom. The molecule has 1 heterocycles. The monoisotopic (exact) mass is 306 g/mol. The van der Waals surface area contributed by atoms with Crippen molar-refractivity contribution in [3.05, 3.63) is 0 Å². The highest BCUT2D eigenvalue weighted by molar-refractivity contribution is 5.73. The molecule has 0 amide bonds. The van der Waals surface area contributed by atoms with Crippen molar-refractivity contribution in [1.29, 1.82) is 0 Å². The number of carbonyl (C=O) groups excluding carboxylic acids is 1. The molecule has 0 spiro atoms. The van der Waals surface area contributed by atoms with Gasteiger partial charge in [0.15, 0.2) is 0 Å². The molecule has 3 nitrogen and oxygen atoms in total. The third kappa shape index (κ3) is 2.31. The van der Waals surface area contributed by atoms with Gasteiger partial charge in [0, 0.05) is 0 Å². The first kappa shape index (κ1) is 15.0. The van der Waals surface area contributed by atoms with Crippen LogP contribution in [0.4, 0.5) is 0 Å². The first-order chi connectivity index (χ1) is 10.5. The van der Waals surface area contributed by atoms with Crippen LogP contribution >= 0.6 is 0 Å². The van der Waals surface area contributed by atoms with Gasteiger partial charge < -0.3 is 9.47 Å². The summed E-state index contributed by atoms with van der Waals surface area (Å²) in [5.41, 5.74) is 0. The zero-order valence-electron chi connectivity index (χ0n) is 14.3. The number of fused-ring (bicyclic) bond motifs is 7. The molecule has 2 bridgehead atoms. The molecule has 22 heavy (non-hydrogen) atoms. The van der Waals surface area contributed by atoms with Crippen LogP contribution in [0.25, 0.3) is 0 Å². The highest BCUT2D eigenvalue weighted by Crippen LogP contribution is 2.64. The molecule has 0 aromatic carbocycles. The van der Waals surface area contributed by atoms with Crippen molar-refractivity contribution in [3.63, 3.8) is 0 Å². The minimum Gasteiger partial charge on any atom is -0.462 e. The normalized spacial score (nSPS) is 46.0. The van der Waals surface area contributed by atoms with E-state index in [-0.39, 0.29) is 18.0 Å². The molecule has 0 radical (unpaired) electrons. The Labute approximate surface area is 134 Å². The number of ether oxygens (including phenoxy) is 2. The second kappa shape index (κ2) is 5.22. The fourth-order valence-corrected chi connectivity index (χ4v) is 5.79. The van der Waals surface area contributed by atoms with E-state index in [2.05, 4.69) is 27.7 Å². The lowest BCUT2D eigenvalue weighted by molar-refractivity contribution is -0.160. The Bertz CT molecular complexity index is 458. The van der Waals surface area contributed by atoms with E-state index in [0.717, 1.165) is 30.6 Å². The molecule has 124 valence electrons. The van der Waals surface area contributed by atoms with Crippen molar-refractivity contribution >= 4 is 5.97 Å². The molecular weight excluding hydrogens is 276 g/mol. The summed E-state index contributed by atoms with van der Waals surface area (Å²) in [4.78, 5) is 12.7. The molecule has 3 heteroatoms. The van der Waals surface area contributed by atoms with Gasteiger partial charge in [-0.05, 0) is 61.2 Å². The largest absolute Gasteiger partial charge is 0.462 e. The Morgan fingerprint density at radius 2 is 1.91 bits per heavy atom. The van der Waals surface area contributed by atoms with Gasteiger partial charge in [-0.3, -0.25) is 4.79 Å². The summed E-state index contributed by atoms with van der Waals surface area (Å²) < 4.78 is 11.8. The van der Waals surface area contributed by atoms with E-state index < -0.39 is 0 Å². The van der Waals surface area contributed by atoms with Crippen molar-refractivity contribution in [1.82, 2.24) is 0 Å². The first-order valence-corrected chi connectivity index (χ1v) is 9.31. The minimum atomic E-state index is 0.0650. The maximum absolute atomic E-state index is 12.7. The number of hydrogen-bond donors (Lipinski definition) is 0. The van der Waals surface area contributed by atoms with Gasteiger partial charge in [-0.15, -0.1) is 0 Å². The molecule has 0 aromatic rings. The Kier molecular flexibility index (Phi) is 3.56. The van der Waals surface area contributed by atoms with E-state index in [1.54, 1.807) is 0 Å².